The molecule has 0 bridgehead atoms. The standard InChI is InChI=1S/C9H12N4O/c10-5-7-6-13(12-11-7)8-3-1-2-4-9(8)14/h6,8-9,14H,1-4H2/t8-,9-/m1/s1. The van der Waals surface area contributed by atoms with Crippen LogP contribution in [0.4, 0.5) is 0 Å². The molecule has 0 aromatic carbocycles. The number of hydrogen-bond donors (Lipinski definition) is 1. The van der Waals surface area contributed by atoms with Crippen LogP contribution in [0.3, 0.4) is 0 Å². The van der Waals surface area contributed by atoms with Gasteiger partial charge in [0.2, 0.25) is 0 Å². The van der Waals surface area contributed by atoms with E-state index in [9.17, 15) is 5.11 Å². The van der Waals surface area contributed by atoms with Crippen LogP contribution in [-0.2, 0) is 0 Å². The lowest BCUT2D eigenvalue weighted by atomic mass is 9.93. The maximum atomic E-state index is 9.73. The van der Waals surface area contributed by atoms with E-state index in [0.717, 1.165) is 25.7 Å². The van der Waals surface area contributed by atoms with E-state index in [1.807, 2.05) is 6.07 Å². The van der Waals surface area contributed by atoms with Crippen LogP contribution in [0, 0.1) is 11.3 Å². The minimum Gasteiger partial charge on any atom is -0.391 e. The van der Waals surface area contributed by atoms with Crippen molar-refractivity contribution in [3.05, 3.63) is 11.9 Å². The number of aromatic nitrogens is 3. The van der Waals surface area contributed by atoms with Gasteiger partial charge in [-0.05, 0) is 12.8 Å². The van der Waals surface area contributed by atoms with Crippen molar-refractivity contribution in [1.82, 2.24) is 15.0 Å². The van der Waals surface area contributed by atoms with Crippen LogP contribution >= 0.6 is 0 Å². The summed E-state index contributed by atoms with van der Waals surface area (Å²) in [6, 6.07) is 1.92. The fourth-order valence-electron chi connectivity index (χ4n) is 1.89. The Balaban J connectivity index is 2.17. The molecule has 0 amide bonds. The molecule has 1 heterocycles. The lowest BCUT2D eigenvalue weighted by Crippen LogP contribution is -2.27. The number of rotatable bonds is 1. The zero-order chi connectivity index (χ0) is 9.97. The normalized spacial score (nSPS) is 27.1. The predicted octanol–water partition coefficient (Wildman–Crippen LogP) is 0.626. The number of aliphatic hydroxyl groups is 1. The number of hydrogen-bond acceptors (Lipinski definition) is 4. The Morgan fingerprint density at radius 2 is 2.29 bits per heavy atom. The van der Waals surface area contributed by atoms with E-state index in [1.165, 1.54) is 0 Å². The van der Waals surface area contributed by atoms with Gasteiger partial charge < -0.3 is 5.11 Å². The van der Waals surface area contributed by atoms with Gasteiger partial charge in [0.05, 0.1) is 18.3 Å². The van der Waals surface area contributed by atoms with E-state index >= 15 is 0 Å². The Hall–Kier alpha value is -1.41. The summed E-state index contributed by atoms with van der Waals surface area (Å²) in [4.78, 5) is 0. The second kappa shape index (κ2) is 3.76. The van der Waals surface area contributed by atoms with Crippen molar-refractivity contribution in [2.45, 2.75) is 37.8 Å². The Morgan fingerprint density at radius 1 is 1.50 bits per heavy atom. The molecule has 0 spiro atoms. The van der Waals surface area contributed by atoms with Crippen molar-refractivity contribution in [3.63, 3.8) is 0 Å². The molecular weight excluding hydrogens is 180 g/mol. The summed E-state index contributed by atoms with van der Waals surface area (Å²) < 4.78 is 1.61. The molecule has 1 N–H and O–H groups in total. The van der Waals surface area contributed by atoms with E-state index in [0.29, 0.717) is 5.69 Å². The molecule has 0 radical (unpaired) electrons. The van der Waals surface area contributed by atoms with Gasteiger partial charge in [-0.3, -0.25) is 0 Å². The first kappa shape index (κ1) is 9.16. The third-order valence-corrected chi connectivity index (χ3v) is 2.66. The van der Waals surface area contributed by atoms with E-state index in [4.69, 9.17) is 5.26 Å². The highest BCUT2D eigenvalue weighted by atomic mass is 16.3. The molecule has 74 valence electrons. The molecule has 0 unspecified atom stereocenters. The molecule has 1 aliphatic carbocycles. The van der Waals surface area contributed by atoms with Crippen LogP contribution in [0.2, 0.25) is 0 Å². The maximum Gasteiger partial charge on any atom is 0.182 e. The minimum absolute atomic E-state index is 0.00153. The first-order chi connectivity index (χ1) is 6.81. The third-order valence-electron chi connectivity index (χ3n) is 2.66. The molecule has 5 nitrogen and oxygen atoms in total. The second-order valence-corrected chi connectivity index (χ2v) is 3.61. The van der Waals surface area contributed by atoms with Gasteiger partial charge in [0, 0.05) is 0 Å². The molecule has 0 saturated heterocycles. The first-order valence-corrected chi connectivity index (χ1v) is 4.81. The van der Waals surface area contributed by atoms with Crippen LogP contribution in [-0.4, -0.2) is 26.2 Å². The molecule has 2 rings (SSSR count). The van der Waals surface area contributed by atoms with Crippen LogP contribution in [0.1, 0.15) is 37.4 Å². The lowest BCUT2D eigenvalue weighted by molar-refractivity contribution is 0.0685. The fourth-order valence-corrected chi connectivity index (χ4v) is 1.89. The van der Waals surface area contributed by atoms with Gasteiger partial charge >= 0.3 is 0 Å². The van der Waals surface area contributed by atoms with Gasteiger partial charge in [0.25, 0.3) is 0 Å². The average molecular weight is 192 g/mol. The van der Waals surface area contributed by atoms with Gasteiger partial charge in [-0.25, -0.2) is 4.68 Å². The molecule has 1 aromatic rings. The molecule has 1 saturated carbocycles. The van der Waals surface area contributed by atoms with Crippen LogP contribution in [0.15, 0.2) is 6.20 Å². The SMILES string of the molecule is N#Cc1cn([C@@H]2CCCC[C@H]2O)nn1. The van der Waals surface area contributed by atoms with Crippen molar-refractivity contribution in [2.24, 2.45) is 0 Å². The maximum absolute atomic E-state index is 9.73. The van der Waals surface area contributed by atoms with Crippen molar-refractivity contribution >= 4 is 0 Å². The van der Waals surface area contributed by atoms with Crippen molar-refractivity contribution in [3.8, 4) is 6.07 Å². The van der Waals surface area contributed by atoms with Crippen LogP contribution < -0.4 is 0 Å². The third kappa shape index (κ3) is 1.61. The van der Waals surface area contributed by atoms with Gasteiger partial charge in [-0.15, -0.1) is 5.10 Å². The average Bonchev–Trinajstić information content (AvgIpc) is 2.67. The summed E-state index contributed by atoms with van der Waals surface area (Å²) in [6.45, 7) is 0. The van der Waals surface area contributed by atoms with Gasteiger partial charge in [-0.2, -0.15) is 5.26 Å². The Bertz CT molecular complexity index is 354. The van der Waals surface area contributed by atoms with E-state index in [1.54, 1.807) is 10.9 Å². The molecular formula is C9H12N4O. The van der Waals surface area contributed by atoms with Crippen LogP contribution in [0.25, 0.3) is 0 Å². The number of aliphatic hydroxyl groups excluding tert-OH is 1. The summed E-state index contributed by atoms with van der Waals surface area (Å²) in [5.41, 5.74) is 0.308. The summed E-state index contributed by atoms with van der Waals surface area (Å²) in [6.07, 6.45) is 5.14. The summed E-state index contributed by atoms with van der Waals surface area (Å²) in [7, 11) is 0. The molecule has 1 aromatic heterocycles. The highest BCUT2D eigenvalue weighted by Crippen LogP contribution is 2.27. The molecule has 14 heavy (non-hydrogen) atoms. The first-order valence-electron chi connectivity index (χ1n) is 4.81. The number of nitriles is 1. The van der Waals surface area contributed by atoms with Gasteiger partial charge in [0.15, 0.2) is 5.69 Å². The highest BCUT2D eigenvalue weighted by Gasteiger charge is 2.25. The van der Waals surface area contributed by atoms with E-state index in [-0.39, 0.29) is 12.1 Å². The summed E-state index contributed by atoms with van der Waals surface area (Å²) in [5, 5.41) is 25.9. The lowest BCUT2D eigenvalue weighted by Gasteiger charge is -2.26. The predicted molar refractivity (Wildman–Crippen MR) is 48.2 cm³/mol. The molecule has 1 aliphatic rings. The summed E-state index contributed by atoms with van der Waals surface area (Å²) in [5.74, 6) is 0. The smallest absolute Gasteiger partial charge is 0.182 e. The van der Waals surface area contributed by atoms with E-state index in [2.05, 4.69) is 10.3 Å². The van der Waals surface area contributed by atoms with Crippen LogP contribution in [0.5, 0.6) is 0 Å². The Morgan fingerprint density at radius 3 is 2.93 bits per heavy atom. The second-order valence-electron chi connectivity index (χ2n) is 3.61. The molecule has 0 aliphatic heterocycles. The summed E-state index contributed by atoms with van der Waals surface area (Å²) >= 11 is 0. The zero-order valence-electron chi connectivity index (χ0n) is 7.80. The molecule has 1 fully saturated rings. The quantitative estimate of drug-likeness (QED) is 0.708. The minimum atomic E-state index is -0.350. The highest BCUT2D eigenvalue weighted by molar-refractivity contribution is 5.13. The fraction of sp³-hybridized carbons (Fsp3) is 0.667. The Labute approximate surface area is 82.0 Å². The molecule has 5 heteroatoms. The van der Waals surface area contributed by atoms with Gasteiger partial charge in [-0.1, -0.05) is 18.1 Å². The van der Waals surface area contributed by atoms with Gasteiger partial charge in [0.1, 0.15) is 6.07 Å². The number of nitrogens with zero attached hydrogens (tertiary/aromatic N) is 4. The van der Waals surface area contributed by atoms with Crippen molar-refractivity contribution in [1.29, 1.82) is 5.26 Å². The van der Waals surface area contributed by atoms with Crippen molar-refractivity contribution in [2.75, 3.05) is 0 Å². The Kier molecular flexibility index (Phi) is 2.46. The zero-order valence-corrected chi connectivity index (χ0v) is 7.80. The van der Waals surface area contributed by atoms with E-state index < -0.39 is 0 Å². The van der Waals surface area contributed by atoms with Crippen molar-refractivity contribution < 1.29 is 5.11 Å². The topological polar surface area (TPSA) is 74.7 Å². The monoisotopic (exact) mass is 192 g/mol. The molecule has 2 atom stereocenters. The largest absolute Gasteiger partial charge is 0.391 e.